The minimum absolute atomic E-state index is 0.0703. The fourth-order valence-corrected chi connectivity index (χ4v) is 5.19. The highest BCUT2D eigenvalue weighted by Crippen LogP contribution is 2.47. The van der Waals surface area contributed by atoms with Gasteiger partial charge in [0.15, 0.2) is 5.57 Å². The summed E-state index contributed by atoms with van der Waals surface area (Å²) < 4.78 is 1.50. The molecule has 2 heterocycles. The maximum absolute atomic E-state index is 9.30. The molecule has 0 unspecified atom stereocenters. The van der Waals surface area contributed by atoms with Gasteiger partial charge in [0.2, 0.25) is 0 Å². The predicted molar refractivity (Wildman–Crippen MR) is 129 cm³/mol. The molecule has 0 aliphatic carbocycles. The van der Waals surface area contributed by atoms with Gasteiger partial charge in [-0.05, 0) is 30.2 Å². The van der Waals surface area contributed by atoms with Crippen LogP contribution < -0.4 is 14.1 Å². The summed E-state index contributed by atoms with van der Waals surface area (Å²) in [5.41, 5.74) is 4.59. The van der Waals surface area contributed by atoms with Crippen LogP contribution >= 0.6 is 11.3 Å². The van der Waals surface area contributed by atoms with Crippen molar-refractivity contribution >= 4 is 28.7 Å². The Labute approximate surface area is 189 Å². The van der Waals surface area contributed by atoms with Crippen molar-refractivity contribution in [2.24, 2.45) is 0 Å². The number of anilines is 1. The fraction of sp³-hybridized carbons (Fsp3) is 0.423. The molecule has 1 aromatic carbocycles. The number of unbranched alkanes of at least 4 members (excludes halogenated alkanes) is 1. The van der Waals surface area contributed by atoms with E-state index in [0.29, 0.717) is 4.66 Å². The van der Waals surface area contributed by atoms with Crippen molar-refractivity contribution in [1.29, 1.82) is 10.5 Å². The molecule has 160 valence electrons. The lowest BCUT2D eigenvalue weighted by Gasteiger charge is -2.27. The number of aromatic nitrogens is 1. The summed E-state index contributed by atoms with van der Waals surface area (Å²) in [7, 11) is 0. The highest BCUT2D eigenvalue weighted by molar-refractivity contribution is 7.07. The van der Waals surface area contributed by atoms with E-state index in [0.717, 1.165) is 29.6 Å². The largest absolute Gasteiger partial charge is 0.344 e. The number of nitrogens with zero attached hydrogens (tertiary/aromatic N) is 4. The number of benzene rings is 1. The molecule has 5 heteroatoms. The first-order chi connectivity index (χ1) is 14.6. The average Bonchev–Trinajstić information content (AvgIpc) is 3.23. The first-order valence-electron chi connectivity index (χ1n) is 10.8. The number of rotatable bonds is 4. The molecule has 1 aliphatic rings. The number of hydrogen-bond acceptors (Lipinski definition) is 5. The Kier molecular flexibility index (Phi) is 6.39. The van der Waals surface area contributed by atoms with Gasteiger partial charge < -0.3 is 4.90 Å². The summed E-state index contributed by atoms with van der Waals surface area (Å²) in [6, 6.07) is 12.6. The quantitative estimate of drug-likeness (QED) is 0.692. The van der Waals surface area contributed by atoms with Gasteiger partial charge in [-0.2, -0.15) is 10.5 Å². The minimum Gasteiger partial charge on any atom is -0.344 e. The zero-order valence-corrected chi connectivity index (χ0v) is 20.1. The van der Waals surface area contributed by atoms with Gasteiger partial charge in [-0.15, -0.1) is 11.3 Å². The number of fused-ring (bicyclic) bond motifs is 1. The second-order valence-corrected chi connectivity index (χ2v) is 10.5. The van der Waals surface area contributed by atoms with E-state index in [-0.39, 0.29) is 16.4 Å². The Morgan fingerprint density at radius 2 is 1.84 bits per heavy atom. The Hall–Kier alpha value is -2.89. The van der Waals surface area contributed by atoms with Crippen LogP contribution in [0, 0.1) is 22.7 Å². The van der Waals surface area contributed by atoms with Crippen LogP contribution in [0.2, 0.25) is 0 Å². The van der Waals surface area contributed by atoms with Crippen molar-refractivity contribution in [3.8, 4) is 12.1 Å². The van der Waals surface area contributed by atoms with E-state index >= 15 is 0 Å². The first-order valence-corrected chi connectivity index (χ1v) is 11.6. The zero-order chi connectivity index (χ0) is 22.8. The molecule has 0 spiro atoms. The van der Waals surface area contributed by atoms with Crippen molar-refractivity contribution in [2.45, 2.75) is 65.2 Å². The molecule has 4 nitrogen and oxygen atoms in total. The zero-order valence-electron chi connectivity index (χ0n) is 19.3. The lowest BCUT2D eigenvalue weighted by molar-refractivity contribution is 0.568. The Morgan fingerprint density at radius 3 is 2.45 bits per heavy atom. The predicted octanol–water partition coefficient (Wildman–Crippen LogP) is 4.90. The van der Waals surface area contributed by atoms with E-state index in [1.807, 2.05) is 12.1 Å². The Balaban J connectivity index is 2.23. The first kappa shape index (κ1) is 22.8. The van der Waals surface area contributed by atoms with E-state index in [9.17, 15) is 10.5 Å². The summed E-state index contributed by atoms with van der Waals surface area (Å²) >= 11 is 1.42. The Morgan fingerprint density at radius 1 is 1.16 bits per heavy atom. The van der Waals surface area contributed by atoms with Crippen LogP contribution in [0.25, 0.3) is 11.6 Å². The van der Waals surface area contributed by atoms with Gasteiger partial charge in [0.05, 0.1) is 10.2 Å². The van der Waals surface area contributed by atoms with E-state index in [1.165, 1.54) is 28.3 Å². The minimum atomic E-state index is -0.189. The van der Waals surface area contributed by atoms with Gasteiger partial charge >= 0.3 is 0 Å². The third kappa shape index (κ3) is 4.29. The topological polar surface area (TPSA) is 63.7 Å². The highest BCUT2D eigenvalue weighted by Gasteiger charge is 2.39. The SMILES string of the molecule is CCCCN1/C(=C\C=c2\sc(=C(C#N)C#N)nc2C(C)(C)C)C(C)(C)c2ccccc21. The number of nitriles is 2. The molecule has 0 fully saturated rings. The third-order valence-electron chi connectivity index (χ3n) is 5.73. The molecule has 1 aliphatic heterocycles. The normalized spacial score (nSPS) is 16.8. The van der Waals surface area contributed by atoms with E-state index in [4.69, 9.17) is 0 Å². The van der Waals surface area contributed by atoms with Gasteiger partial charge in [-0.3, -0.25) is 0 Å². The van der Waals surface area contributed by atoms with Gasteiger partial charge in [0.25, 0.3) is 0 Å². The van der Waals surface area contributed by atoms with Crippen LogP contribution in [-0.2, 0) is 10.8 Å². The number of thiazole rings is 1. The van der Waals surface area contributed by atoms with Crippen LogP contribution in [0.15, 0.2) is 36.0 Å². The van der Waals surface area contributed by atoms with Gasteiger partial charge in [-0.1, -0.05) is 66.2 Å². The molecule has 1 aromatic heterocycles. The fourth-order valence-electron chi connectivity index (χ4n) is 4.06. The van der Waals surface area contributed by atoms with E-state index in [1.54, 1.807) is 0 Å². The molecule has 0 N–H and O–H groups in total. The van der Waals surface area contributed by atoms with Gasteiger partial charge in [0, 0.05) is 28.8 Å². The van der Waals surface area contributed by atoms with Crippen LogP contribution in [0.4, 0.5) is 5.69 Å². The van der Waals surface area contributed by atoms with Crippen LogP contribution in [0.1, 0.15) is 65.6 Å². The summed E-state index contributed by atoms with van der Waals surface area (Å²) in [5, 5.41) is 18.6. The molecule has 0 bridgehead atoms. The van der Waals surface area contributed by atoms with Crippen molar-refractivity contribution in [2.75, 3.05) is 11.4 Å². The van der Waals surface area contributed by atoms with E-state index in [2.05, 4.69) is 87.8 Å². The molecular weight excluding hydrogens is 400 g/mol. The van der Waals surface area contributed by atoms with Crippen LogP contribution in [0.3, 0.4) is 0 Å². The lowest BCUT2D eigenvalue weighted by Crippen LogP contribution is -2.27. The monoisotopic (exact) mass is 430 g/mol. The van der Waals surface area contributed by atoms with Crippen molar-refractivity contribution < 1.29 is 0 Å². The van der Waals surface area contributed by atoms with Crippen LogP contribution in [-0.4, -0.2) is 11.5 Å². The van der Waals surface area contributed by atoms with Gasteiger partial charge in [0.1, 0.15) is 16.8 Å². The maximum Gasteiger partial charge on any atom is 0.165 e. The molecular formula is C26H30N4S. The molecule has 0 saturated carbocycles. The second-order valence-electron chi connectivity index (χ2n) is 9.45. The molecule has 31 heavy (non-hydrogen) atoms. The summed E-state index contributed by atoms with van der Waals surface area (Å²) in [5.74, 6) is 0. The standard InChI is InChI=1S/C26H30N4S/c1-7-8-15-30-20-12-10-9-11-19(20)26(5,6)22(30)14-13-21-23(25(2,3)4)29-24(31-21)18(16-27)17-28/h9-14H,7-8,15H2,1-6H3/b21-13+,22-14-. The van der Waals surface area contributed by atoms with Crippen molar-refractivity contribution in [3.05, 3.63) is 56.5 Å². The smallest absolute Gasteiger partial charge is 0.165 e. The molecule has 3 rings (SSSR count). The molecule has 0 saturated heterocycles. The maximum atomic E-state index is 9.30. The van der Waals surface area contributed by atoms with Crippen molar-refractivity contribution in [1.82, 2.24) is 4.98 Å². The summed E-state index contributed by atoms with van der Waals surface area (Å²) in [6.07, 6.45) is 6.60. The second kappa shape index (κ2) is 8.69. The molecule has 0 atom stereocenters. The van der Waals surface area contributed by atoms with Gasteiger partial charge in [-0.25, -0.2) is 4.98 Å². The van der Waals surface area contributed by atoms with E-state index < -0.39 is 0 Å². The van der Waals surface area contributed by atoms with Crippen LogP contribution in [0.5, 0.6) is 0 Å². The number of para-hydroxylation sites is 1. The Bertz CT molecular complexity index is 1190. The molecule has 0 radical (unpaired) electrons. The van der Waals surface area contributed by atoms with Crippen molar-refractivity contribution in [3.63, 3.8) is 0 Å². The molecule has 0 amide bonds. The summed E-state index contributed by atoms with van der Waals surface area (Å²) in [4.78, 5) is 7.12. The molecule has 2 aromatic rings. The third-order valence-corrected chi connectivity index (χ3v) is 6.77. The highest BCUT2D eigenvalue weighted by atomic mass is 32.1. The lowest BCUT2D eigenvalue weighted by atomic mass is 9.83. The number of allylic oxidation sites excluding steroid dienone is 2. The average molecular weight is 431 g/mol. The summed E-state index contributed by atoms with van der Waals surface area (Å²) in [6.45, 7) is 14.1. The number of hydrogen-bond donors (Lipinski definition) is 0.